The zero-order valence-electron chi connectivity index (χ0n) is 7.63. The second-order valence-corrected chi connectivity index (χ2v) is 19.4. The molecule has 66 valence electrons. The maximum absolute atomic E-state index is 2.56. The third-order valence-corrected chi connectivity index (χ3v) is 17.6. The third kappa shape index (κ3) is 2.91. The molecule has 0 aromatic heterocycles. The first kappa shape index (κ1) is 10.8. The standard InChI is InChI=1S/C6H5.C3H7.CH2I.Sn.H/c1-2-4-6-5-3-1;1-3-2;1-2;;/h1-5H;3H,1-2H3;1H2;;. The fourth-order valence-electron chi connectivity index (χ4n) is 1.35. The van der Waals surface area contributed by atoms with Gasteiger partial charge in [0.15, 0.2) is 0 Å². The average molecular weight is 381 g/mol. The molecule has 0 heterocycles. The molecule has 0 saturated heterocycles. The fourth-order valence-corrected chi connectivity index (χ4v) is 17.4. The van der Waals surface area contributed by atoms with Gasteiger partial charge in [0.1, 0.15) is 0 Å². The van der Waals surface area contributed by atoms with Crippen LogP contribution in [0.4, 0.5) is 0 Å². The first-order valence-electron chi connectivity index (χ1n) is 4.36. The van der Waals surface area contributed by atoms with Gasteiger partial charge >= 0.3 is 96.5 Å². The molecule has 12 heavy (non-hydrogen) atoms. The molecule has 2 heteroatoms. The Morgan fingerprint density at radius 3 is 2.25 bits per heavy atom. The predicted molar refractivity (Wildman–Crippen MR) is 67.2 cm³/mol. The summed E-state index contributed by atoms with van der Waals surface area (Å²) in [6.45, 7) is 4.76. The van der Waals surface area contributed by atoms with Crippen molar-refractivity contribution in [3.05, 3.63) is 30.3 Å². The summed E-state index contributed by atoms with van der Waals surface area (Å²) in [5, 5.41) is 0. The fraction of sp³-hybridized carbons (Fsp3) is 0.400. The van der Waals surface area contributed by atoms with Crippen LogP contribution in [0.5, 0.6) is 0 Å². The molecule has 0 fully saturated rings. The van der Waals surface area contributed by atoms with E-state index in [9.17, 15) is 0 Å². The zero-order valence-corrected chi connectivity index (χ0v) is 13.1. The molecular weight excluding hydrogens is 366 g/mol. The number of rotatable bonds is 3. The Labute approximate surface area is 95.6 Å². The van der Waals surface area contributed by atoms with Crippen LogP contribution >= 0.6 is 22.6 Å². The zero-order chi connectivity index (χ0) is 8.97. The summed E-state index contributed by atoms with van der Waals surface area (Å²) in [6.07, 6.45) is 0. The molecular formula is C10H15ISn. The van der Waals surface area contributed by atoms with Gasteiger partial charge in [-0.15, -0.1) is 0 Å². The number of alkyl halides is 1. The summed E-state index contributed by atoms with van der Waals surface area (Å²) < 4.78 is 4.05. The molecule has 1 unspecified atom stereocenters. The first-order valence-corrected chi connectivity index (χ1v) is 11.8. The van der Waals surface area contributed by atoms with Crippen molar-refractivity contribution < 1.29 is 0 Å². The quantitative estimate of drug-likeness (QED) is 0.429. The van der Waals surface area contributed by atoms with Gasteiger partial charge in [0, 0.05) is 0 Å². The van der Waals surface area contributed by atoms with Crippen LogP contribution in [-0.4, -0.2) is 22.2 Å². The second kappa shape index (κ2) is 5.47. The Morgan fingerprint density at radius 1 is 1.25 bits per heavy atom. The summed E-state index contributed by atoms with van der Waals surface area (Å²) >= 11 is 1.20. The van der Waals surface area contributed by atoms with E-state index in [1.54, 1.807) is 3.58 Å². The molecule has 1 rings (SSSR count). The van der Waals surface area contributed by atoms with E-state index >= 15 is 0 Å². The molecule has 0 aliphatic rings. The van der Waals surface area contributed by atoms with E-state index in [0.717, 1.165) is 3.93 Å². The van der Waals surface area contributed by atoms with Gasteiger partial charge in [-0.1, -0.05) is 0 Å². The van der Waals surface area contributed by atoms with Crippen LogP contribution in [0.25, 0.3) is 0 Å². The first-order chi connectivity index (χ1) is 5.75. The van der Waals surface area contributed by atoms with Crippen molar-refractivity contribution in [3.63, 3.8) is 0 Å². The van der Waals surface area contributed by atoms with E-state index in [1.807, 2.05) is 0 Å². The minimum absolute atomic E-state index is 0.950. The van der Waals surface area contributed by atoms with E-state index in [4.69, 9.17) is 0 Å². The Morgan fingerprint density at radius 2 is 1.83 bits per heavy atom. The second-order valence-electron chi connectivity index (χ2n) is 3.42. The SMILES string of the molecule is C[CH](C)[SnH]([CH2]I)[c]1ccccc1. The molecule has 0 nitrogen and oxygen atoms in total. The van der Waals surface area contributed by atoms with E-state index in [0.29, 0.717) is 0 Å². The van der Waals surface area contributed by atoms with Gasteiger partial charge in [-0.05, 0) is 0 Å². The molecule has 0 aliphatic carbocycles. The van der Waals surface area contributed by atoms with Crippen molar-refractivity contribution >= 4 is 45.9 Å². The molecule has 0 aliphatic heterocycles. The topological polar surface area (TPSA) is 0 Å². The van der Waals surface area contributed by atoms with Gasteiger partial charge in [0.2, 0.25) is 0 Å². The molecule has 1 aromatic carbocycles. The molecule has 0 amide bonds. The van der Waals surface area contributed by atoms with E-state index in [2.05, 4.69) is 66.8 Å². The van der Waals surface area contributed by atoms with Gasteiger partial charge in [0.05, 0.1) is 0 Å². The molecule has 0 N–H and O–H groups in total. The normalized spacial score (nSPS) is 13.3. The number of hydrogen-bond donors (Lipinski definition) is 0. The molecule has 0 saturated carbocycles. The van der Waals surface area contributed by atoms with Crippen LogP contribution in [0.2, 0.25) is 3.93 Å². The average Bonchev–Trinajstić information content (AvgIpc) is 2.07. The summed E-state index contributed by atoms with van der Waals surface area (Å²) in [5.41, 5.74) is 0. The van der Waals surface area contributed by atoms with E-state index in [1.165, 1.54) is 2.44 Å². The van der Waals surface area contributed by atoms with Crippen molar-refractivity contribution in [3.8, 4) is 0 Å². The molecule has 1 aromatic rings. The maximum atomic E-state index is 2.56. The number of benzene rings is 1. The Balaban J connectivity index is 2.80. The minimum atomic E-state index is -1.36. The van der Waals surface area contributed by atoms with Gasteiger partial charge in [0.25, 0.3) is 0 Å². The summed E-state index contributed by atoms with van der Waals surface area (Å²) in [6, 6.07) is 11.1. The van der Waals surface area contributed by atoms with Gasteiger partial charge in [-0.2, -0.15) is 0 Å². The van der Waals surface area contributed by atoms with E-state index < -0.39 is 19.8 Å². The van der Waals surface area contributed by atoms with Crippen molar-refractivity contribution in [2.45, 2.75) is 17.8 Å². The number of hydrogen-bond acceptors (Lipinski definition) is 0. The van der Waals surface area contributed by atoms with Crippen molar-refractivity contribution in [1.82, 2.24) is 0 Å². The molecule has 0 spiro atoms. The van der Waals surface area contributed by atoms with Crippen molar-refractivity contribution in [2.24, 2.45) is 0 Å². The van der Waals surface area contributed by atoms with Crippen LogP contribution in [-0.2, 0) is 0 Å². The van der Waals surface area contributed by atoms with Crippen LogP contribution in [0.3, 0.4) is 0 Å². The Kier molecular flexibility index (Phi) is 4.94. The van der Waals surface area contributed by atoms with E-state index in [-0.39, 0.29) is 0 Å². The molecule has 0 radical (unpaired) electrons. The van der Waals surface area contributed by atoms with Crippen molar-refractivity contribution in [1.29, 1.82) is 0 Å². The molecule has 0 bridgehead atoms. The Hall–Kier alpha value is 0.749. The monoisotopic (exact) mass is 382 g/mol. The van der Waals surface area contributed by atoms with Crippen LogP contribution in [0.1, 0.15) is 13.8 Å². The van der Waals surface area contributed by atoms with Crippen LogP contribution in [0, 0.1) is 0 Å². The molecule has 1 atom stereocenters. The summed E-state index contributed by atoms with van der Waals surface area (Å²) in [5.74, 6) is 0. The van der Waals surface area contributed by atoms with Crippen LogP contribution in [0.15, 0.2) is 30.3 Å². The van der Waals surface area contributed by atoms with Gasteiger partial charge in [-0.3, -0.25) is 0 Å². The predicted octanol–water partition coefficient (Wildman–Crippen LogP) is 2.50. The summed E-state index contributed by atoms with van der Waals surface area (Å²) in [4.78, 5) is 0. The summed E-state index contributed by atoms with van der Waals surface area (Å²) in [7, 11) is 0. The number of halogens is 1. The van der Waals surface area contributed by atoms with Gasteiger partial charge < -0.3 is 0 Å². The third-order valence-electron chi connectivity index (χ3n) is 2.20. The van der Waals surface area contributed by atoms with Crippen molar-refractivity contribution in [2.75, 3.05) is 2.44 Å². The van der Waals surface area contributed by atoms with Crippen LogP contribution < -0.4 is 3.58 Å². The Bertz CT molecular complexity index is 221. The van der Waals surface area contributed by atoms with Gasteiger partial charge in [-0.25, -0.2) is 0 Å².